The summed E-state index contributed by atoms with van der Waals surface area (Å²) in [6, 6.07) is 2.21. The van der Waals surface area contributed by atoms with Crippen LogP contribution in [-0.4, -0.2) is 28.7 Å². The van der Waals surface area contributed by atoms with Crippen LogP contribution in [0.25, 0.3) is 11.1 Å². The maximum atomic E-state index is 13.0. The second-order valence-electron chi connectivity index (χ2n) is 5.94. The second kappa shape index (κ2) is 8.99. The Labute approximate surface area is 167 Å². The number of ether oxygens (including phenoxy) is 1. The van der Waals surface area contributed by atoms with Gasteiger partial charge in [0.05, 0.1) is 17.7 Å². The Morgan fingerprint density at radius 2 is 1.86 bits per heavy atom. The van der Waals surface area contributed by atoms with Crippen molar-refractivity contribution in [3.63, 3.8) is 0 Å². The summed E-state index contributed by atoms with van der Waals surface area (Å²) in [5.41, 5.74) is -1.79. The van der Waals surface area contributed by atoms with Crippen LogP contribution in [0.2, 0.25) is 0 Å². The average Bonchev–Trinajstić information content (AvgIpc) is 2.62. The SMILES string of the molecule is CCOSOc1cc(C(F)(F)F)ccc1-c1cnc(OCC(C)(F)F)n(C)c1=O. The number of alkyl halides is 5. The maximum absolute atomic E-state index is 13.0. The summed E-state index contributed by atoms with van der Waals surface area (Å²) in [5, 5.41) is 0. The molecule has 0 saturated carbocycles. The summed E-state index contributed by atoms with van der Waals surface area (Å²) in [4.78, 5) is 16.4. The Morgan fingerprint density at radius 3 is 2.45 bits per heavy atom. The van der Waals surface area contributed by atoms with Gasteiger partial charge in [0.25, 0.3) is 17.5 Å². The zero-order valence-electron chi connectivity index (χ0n) is 15.5. The second-order valence-corrected chi connectivity index (χ2v) is 6.48. The van der Waals surface area contributed by atoms with Crippen LogP contribution in [0.3, 0.4) is 0 Å². The lowest BCUT2D eigenvalue weighted by Crippen LogP contribution is -2.26. The summed E-state index contributed by atoms with van der Waals surface area (Å²) in [7, 11) is 1.24. The van der Waals surface area contributed by atoms with Gasteiger partial charge in [0, 0.05) is 25.7 Å². The molecule has 0 aliphatic heterocycles. The molecule has 0 aliphatic rings. The third-order valence-corrected chi connectivity index (χ3v) is 4.05. The lowest BCUT2D eigenvalue weighted by Gasteiger charge is -2.15. The lowest BCUT2D eigenvalue weighted by atomic mass is 10.0. The highest BCUT2D eigenvalue weighted by molar-refractivity contribution is 7.90. The van der Waals surface area contributed by atoms with Gasteiger partial charge < -0.3 is 8.92 Å². The van der Waals surface area contributed by atoms with Crippen molar-refractivity contribution in [3.8, 4) is 22.9 Å². The van der Waals surface area contributed by atoms with E-state index >= 15 is 0 Å². The van der Waals surface area contributed by atoms with Crippen LogP contribution in [0.15, 0.2) is 29.2 Å². The summed E-state index contributed by atoms with van der Waals surface area (Å²) in [5.74, 6) is -3.41. The molecular formula is C17H17F5N2O4S. The van der Waals surface area contributed by atoms with Crippen molar-refractivity contribution < 1.29 is 35.1 Å². The van der Waals surface area contributed by atoms with Crippen molar-refractivity contribution in [1.29, 1.82) is 0 Å². The fraction of sp³-hybridized carbons (Fsp3) is 0.412. The van der Waals surface area contributed by atoms with E-state index in [-0.39, 0.29) is 29.5 Å². The molecule has 29 heavy (non-hydrogen) atoms. The van der Waals surface area contributed by atoms with Gasteiger partial charge in [-0.1, -0.05) is 0 Å². The molecule has 0 fully saturated rings. The first-order valence-corrected chi connectivity index (χ1v) is 8.85. The smallest absolute Gasteiger partial charge is 0.416 e. The predicted molar refractivity (Wildman–Crippen MR) is 95.9 cm³/mol. The molecule has 0 aliphatic carbocycles. The van der Waals surface area contributed by atoms with Crippen molar-refractivity contribution in [1.82, 2.24) is 9.55 Å². The third kappa shape index (κ3) is 6.07. The minimum absolute atomic E-state index is 0.0191. The number of hydrogen-bond acceptors (Lipinski definition) is 6. The van der Waals surface area contributed by atoms with E-state index in [9.17, 15) is 26.7 Å². The molecule has 0 amide bonds. The molecular weight excluding hydrogens is 423 g/mol. The fourth-order valence-corrected chi connectivity index (χ4v) is 2.49. The first-order valence-electron chi connectivity index (χ1n) is 8.18. The Balaban J connectivity index is 2.47. The van der Waals surface area contributed by atoms with E-state index in [1.807, 2.05) is 0 Å². The van der Waals surface area contributed by atoms with Gasteiger partial charge in [-0.2, -0.15) is 13.2 Å². The van der Waals surface area contributed by atoms with E-state index in [0.717, 1.165) is 29.0 Å². The summed E-state index contributed by atoms with van der Waals surface area (Å²) in [6.45, 7) is 1.53. The minimum atomic E-state index is -4.63. The first-order chi connectivity index (χ1) is 13.4. The molecule has 1 aromatic carbocycles. The van der Waals surface area contributed by atoms with E-state index in [0.29, 0.717) is 19.2 Å². The highest BCUT2D eigenvalue weighted by atomic mass is 32.2. The van der Waals surface area contributed by atoms with Gasteiger partial charge in [-0.25, -0.2) is 13.8 Å². The Morgan fingerprint density at radius 1 is 1.17 bits per heavy atom. The summed E-state index contributed by atoms with van der Waals surface area (Å²) in [6.07, 6.45) is -3.61. The van der Waals surface area contributed by atoms with Crippen molar-refractivity contribution in [2.24, 2.45) is 7.05 Å². The van der Waals surface area contributed by atoms with Crippen molar-refractivity contribution >= 4 is 12.3 Å². The van der Waals surface area contributed by atoms with Crippen molar-refractivity contribution in [2.45, 2.75) is 25.9 Å². The van der Waals surface area contributed by atoms with E-state index in [1.165, 1.54) is 7.05 Å². The van der Waals surface area contributed by atoms with Crippen LogP contribution in [-0.2, 0) is 17.4 Å². The van der Waals surface area contributed by atoms with Crippen molar-refractivity contribution in [2.75, 3.05) is 13.2 Å². The molecule has 0 N–H and O–H groups in total. The normalized spacial score (nSPS) is 12.1. The fourth-order valence-electron chi connectivity index (χ4n) is 2.14. The Kier molecular flexibility index (Phi) is 7.11. The molecule has 1 aromatic heterocycles. The Bertz CT molecular complexity index is 912. The monoisotopic (exact) mass is 440 g/mol. The van der Waals surface area contributed by atoms with Crippen LogP contribution in [0.1, 0.15) is 19.4 Å². The van der Waals surface area contributed by atoms with E-state index in [2.05, 4.69) is 4.98 Å². The van der Waals surface area contributed by atoms with Gasteiger partial charge in [-0.3, -0.25) is 13.5 Å². The Hall–Kier alpha value is -2.34. The first kappa shape index (κ1) is 22.9. The van der Waals surface area contributed by atoms with Gasteiger partial charge >= 0.3 is 6.18 Å². The topological polar surface area (TPSA) is 62.6 Å². The highest BCUT2D eigenvalue weighted by Crippen LogP contribution is 2.37. The van der Waals surface area contributed by atoms with Gasteiger partial charge in [0.1, 0.15) is 5.75 Å². The lowest BCUT2D eigenvalue weighted by molar-refractivity contribution is -0.137. The molecule has 0 unspecified atom stereocenters. The molecule has 2 rings (SSSR count). The predicted octanol–water partition coefficient (Wildman–Crippen LogP) is 4.48. The van der Waals surface area contributed by atoms with E-state index < -0.39 is 29.8 Å². The summed E-state index contributed by atoms with van der Waals surface area (Å²) >= 11 is 0.454. The standard InChI is InChI=1S/C17H17F5N2O4S/c1-4-27-29-28-13-7-10(17(20,21)22)5-6-11(13)12-8-23-15(24(3)14(12)25)26-9-16(2,18)19/h5-8H,4,9H2,1-3H3. The van der Waals surface area contributed by atoms with Gasteiger partial charge in [0.15, 0.2) is 6.61 Å². The zero-order chi connectivity index (χ0) is 21.8. The molecule has 6 nitrogen and oxygen atoms in total. The largest absolute Gasteiger partial charge is 0.458 e. The number of aromatic nitrogens is 2. The van der Waals surface area contributed by atoms with Crippen LogP contribution in [0, 0.1) is 0 Å². The van der Waals surface area contributed by atoms with Crippen LogP contribution < -0.4 is 14.5 Å². The highest BCUT2D eigenvalue weighted by Gasteiger charge is 2.32. The van der Waals surface area contributed by atoms with Gasteiger partial charge in [-0.05, 0) is 25.1 Å². The van der Waals surface area contributed by atoms with E-state index in [1.54, 1.807) is 6.92 Å². The molecule has 0 bridgehead atoms. The molecule has 0 atom stereocenters. The van der Waals surface area contributed by atoms with Gasteiger partial charge in [0.2, 0.25) is 12.3 Å². The quantitative estimate of drug-likeness (QED) is 0.343. The van der Waals surface area contributed by atoms with Crippen molar-refractivity contribution in [3.05, 3.63) is 40.3 Å². The maximum Gasteiger partial charge on any atom is 0.416 e. The van der Waals surface area contributed by atoms with Crippen LogP contribution in [0.5, 0.6) is 11.8 Å². The van der Waals surface area contributed by atoms with Crippen LogP contribution >= 0.6 is 12.3 Å². The molecule has 0 saturated heterocycles. The number of benzene rings is 1. The molecule has 0 spiro atoms. The molecule has 1 heterocycles. The number of nitrogens with zero attached hydrogens (tertiary/aromatic N) is 2. The number of halogens is 5. The van der Waals surface area contributed by atoms with Crippen LogP contribution in [0.4, 0.5) is 22.0 Å². The zero-order valence-corrected chi connectivity index (χ0v) is 16.4. The van der Waals surface area contributed by atoms with Gasteiger partial charge in [-0.15, -0.1) is 0 Å². The molecule has 2 aromatic rings. The number of rotatable bonds is 8. The molecule has 0 radical (unpaired) electrons. The number of hydrogen-bond donors (Lipinski definition) is 0. The third-order valence-electron chi connectivity index (χ3n) is 3.47. The minimum Gasteiger partial charge on any atom is -0.458 e. The van der Waals surface area contributed by atoms with E-state index in [4.69, 9.17) is 13.1 Å². The average molecular weight is 440 g/mol. The molecule has 12 heteroatoms. The summed E-state index contributed by atoms with van der Waals surface area (Å²) < 4.78 is 80.8. The molecule has 160 valence electrons.